The molecule has 23 heavy (non-hydrogen) atoms. The molecule has 1 fully saturated rings. The molecule has 1 aromatic carbocycles. The number of carbonyl (C=O) groups is 1. The van der Waals surface area contributed by atoms with Crippen molar-refractivity contribution in [2.45, 2.75) is 6.92 Å². The fourth-order valence-corrected chi connectivity index (χ4v) is 2.72. The van der Waals surface area contributed by atoms with E-state index in [1.165, 1.54) is 6.07 Å². The van der Waals surface area contributed by atoms with Gasteiger partial charge in [0.15, 0.2) is 0 Å². The van der Waals surface area contributed by atoms with Gasteiger partial charge in [-0.3, -0.25) is 9.69 Å². The van der Waals surface area contributed by atoms with Crippen LogP contribution in [0.3, 0.4) is 0 Å². The molecule has 1 aliphatic rings. The third kappa shape index (κ3) is 3.78. The first-order valence-corrected chi connectivity index (χ1v) is 7.67. The van der Waals surface area contributed by atoms with E-state index >= 15 is 0 Å². The van der Waals surface area contributed by atoms with Crippen LogP contribution in [0.15, 0.2) is 33.5 Å². The van der Waals surface area contributed by atoms with Gasteiger partial charge >= 0.3 is 11.6 Å². The molecule has 0 saturated carbocycles. The monoisotopic (exact) mass is 316 g/mol. The number of piperazine rings is 1. The Labute approximate surface area is 134 Å². The highest BCUT2D eigenvalue weighted by atomic mass is 16.5. The van der Waals surface area contributed by atoms with Crippen LogP contribution >= 0.6 is 0 Å². The van der Waals surface area contributed by atoms with E-state index in [0.29, 0.717) is 11.3 Å². The van der Waals surface area contributed by atoms with Crippen molar-refractivity contribution >= 4 is 16.9 Å². The van der Waals surface area contributed by atoms with Gasteiger partial charge in [-0.2, -0.15) is 0 Å². The average Bonchev–Trinajstić information content (AvgIpc) is 2.49. The van der Waals surface area contributed by atoms with Crippen LogP contribution in [0.5, 0.6) is 5.75 Å². The number of nitrogens with zero attached hydrogens (tertiary/aromatic N) is 2. The van der Waals surface area contributed by atoms with Crippen LogP contribution in [-0.4, -0.2) is 55.5 Å². The third-order valence-corrected chi connectivity index (χ3v) is 4.10. The summed E-state index contributed by atoms with van der Waals surface area (Å²) in [5.41, 5.74) is 0.863. The first-order chi connectivity index (χ1) is 11.0. The molecule has 0 radical (unpaired) electrons. The molecule has 0 bridgehead atoms. The summed E-state index contributed by atoms with van der Waals surface area (Å²) in [6.07, 6.45) is 0. The molecule has 6 heteroatoms. The second-order valence-corrected chi connectivity index (χ2v) is 5.96. The third-order valence-electron chi connectivity index (χ3n) is 4.10. The summed E-state index contributed by atoms with van der Waals surface area (Å²) >= 11 is 0. The van der Waals surface area contributed by atoms with Gasteiger partial charge in [-0.25, -0.2) is 4.79 Å². The number of rotatable bonds is 3. The fourth-order valence-electron chi connectivity index (χ4n) is 2.72. The number of ether oxygens (including phenoxy) is 1. The van der Waals surface area contributed by atoms with Crippen LogP contribution in [0, 0.1) is 6.92 Å². The van der Waals surface area contributed by atoms with Crippen molar-refractivity contribution in [1.29, 1.82) is 0 Å². The lowest BCUT2D eigenvalue weighted by molar-refractivity contribution is -0.136. The number of fused-ring (bicyclic) bond motifs is 1. The van der Waals surface area contributed by atoms with Crippen LogP contribution in [-0.2, 0) is 4.79 Å². The highest BCUT2D eigenvalue weighted by Crippen LogP contribution is 2.22. The summed E-state index contributed by atoms with van der Waals surface area (Å²) in [6, 6.07) is 6.55. The summed E-state index contributed by atoms with van der Waals surface area (Å²) in [7, 11) is 2.07. The summed E-state index contributed by atoms with van der Waals surface area (Å²) in [5, 5.41) is 0.837. The molecule has 6 nitrogen and oxygen atoms in total. The highest BCUT2D eigenvalue weighted by molar-refractivity contribution is 5.82. The normalized spacial score (nSPS) is 16.6. The van der Waals surface area contributed by atoms with E-state index in [1.54, 1.807) is 18.2 Å². The van der Waals surface area contributed by atoms with Crippen molar-refractivity contribution in [2.24, 2.45) is 0 Å². The van der Waals surface area contributed by atoms with Crippen molar-refractivity contribution < 1.29 is 13.9 Å². The molecule has 0 unspecified atom stereocenters. The molecule has 1 saturated heterocycles. The van der Waals surface area contributed by atoms with Crippen molar-refractivity contribution in [1.82, 2.24) is 9.80 Å². The lowest BCUT2D eigenvalue weighted by atomic mass is 10.1. The molecular formula is C17H20N2O4. The second-order valence-electron chi connectivity index (χ2n) is 5.96. The highest BCUT2D eigenvalue weighted by Gasteiger charge is 2.17. The minimum absolute atomic E-state index is 0.268. The van der Waals surface area contributed by atoms with Gasteiger partial charge in [0.05, 0.1) is 6.54 Å². The number of carbonyl (C=O) groups excluding carboxylic acids is 1. The molecule has 0 atom stereocenters. The van der Waals surface area contributed by atoms with E-state index < -0.39 is 5.63 Å². The number of aryl methyl sites for hydroxylation is 1. The minimum Gasteiger partial charge on any atom is -0.425 e. The first kappa shape index (κ1) is 15.7. The largest absolute Gasteiger partial charge is 0.425 e. The van der Waals surface area contributed by atoms with Gasteiger partial charge < -0.3 is 14.1 Å². The Kier molecular flexibility index (Phi) is 4.45. The number of hydrogen-bond donors (Lipinski definition) is 0. The summed E-state index contributed by atoms with van der Waals surface area (Å²) < 4.78 is 10.5. The van der Waals surface area contributed by atoms with Crippen molar-refractivity contribution in [2.75, 3.05) is 39.8 Å². The van der Waals surface area contributed by atoms with Crippen molar-refractivity contribution in [3.05, 3.63) is 40.2 Å². The van der Waals surface area contributed by atoms with Crippen molar-refractivity contribution in [3.8, 4) is 5.75 Å². The number of esters is 1. The van der Waals surface area contributed by atoms with Crippen molar-refractivity contribution in [3.63, 3.8) is 0 Å². The molecule has 2 aromatic rings. The van der Waals surface area contributed by atoms with E-state index in [2.05, 4.69) is 16.8 Å². The Hall–Kier alpha value is -2.18. The summed E-state index contributed by atoms with van der Waals surface area (Å²) in [6.45, 7) is 5.73. The van der Waals surface area contributed by atoms with Gasteiger partial charge in [-0.15, -0.1) is 0 Å². The van der Waals surface area contributed by atoms with Crippen LogP contribution < -0.4 is 10.4 Å². The van der Waals surface area contributed by atoms with Crippen LogP contribution in [0.2, 0.25) is 0 Å². The Morgan fingerprint density at radius 3 is 2.70 bits per heavy atom. The SMILES string of the molecule is Cc1cc(=O)oc2cc(OC(=O)CN3CCN(C)CC3)ccc12. The topological polar surface area (TPSA) is 63.0 Å². The Bertz CT molecular complexity index is 776. The second kappa shape index (κ2) is 6.52. The zero-order valence-corrected chi connectivity index (χ0v) is 13.4. The standard InChI is InChI=1S/C17H20N2O4/c1-12-9-16(20)23-15-10-13(3-4-14(12)15)22-17(21)11-19-7-5-18(2)6-8-19/h3-4,9-10H,5-8,11H2,1-2H3. The molecule has 122 valence electrons. The summed E-state index contributed by atoms with van der Waals surface area (Å²) in [5.74, 6) is 0.0919. The maximum absolute atomic E-state index is 12.1. The number of likely N-dealkylation sites (N-methyl/N-ethyl adjacent to an activating group) is 1. The van der Waals surface area contributed by atoms with Gasteiger partial charge in [0, 0.05) is 43.7 Å². The molecular weight excluding hydrogens is 296 g/mol. The molecule has 0 N–H and O–H groups in total. The Morgan fingerprint density at radius 1 is 1.22 bits per heavy atom. The zero-order valence-electron chi connectivity index (χ0n) is 13.4. The lowest BCUT2D eigenvalue weighted by Crippen LogP contribution is -2.46. The predicted octanol–water partition coefficient (Wildman–Crippen LogP) is 1.25. The summed E-state index contributed by atoms with van der Waals surface area (Å²) in [4.78, 5) is 27.8. The Balaban J connectivity index is 1.69. The van der Waals surface area contributed by atoms with Gasteiger partial charge in [-0.05, 0) is 31.7 Å². The molecule has 0 amide bonds. The van der Waals surface area contributed by atoms with Gasteiger partial charge in [0.2, 0.25) is 0 Å². The van der Waals surface area contributed by atoms with E-state index in [0.717, 1.165) is 37.1 Å². The molecule has 2 heterocycles. The van der Waals surface area contributed by atoms with Gasteiger partial charge in [-0.1, -0.05) is 0 Å². The van der Waals surface area contributed by atoms with E-state index in [4.69, 9.17) is 9.15 Å². The van der Waals surface area contributed by atoms with Gasteiger partial charge in [0.1, 0.15) is 11.3 Å². The van der Waals surface area contributed by atoms with E-state index in [-0.39, 0.29) is 12.5 Å². The smallest absolute Gasteiger partial charge is 0.336 e. The molecule has 3 rings (SSSR count). The zero-order chi connectivity index (χ0) is 16.4. The van der Waals surface area contributed by atoms with Crippen LogP contribution in [0.4, 0.5) is 0 Å². The Morgan fingerprint density at radius 2 is 1.96 bits per heavy atom. The van der Waals surface area contributed by atoms with Crippen LogP contribution in [0.1, 0.15) is 5.56 Å². The number of hydrogen-bond acceptors (Lipinski definition) is 6. The van der Waals surface area contributed by atoms with Crippen LogP contribution in [0.25, 0.3) is 11.0 Å². The average molecular weight is 316 g/mol. The molecule has 0 aliphatic carbocycles. The maximum Gasteiger partial charge on any atom is 0.336 e. The maximum atomic E-state index is 12.1. The predicted molar refractivity (Wildman–Crippen MR) is 86.8 cm³/mol. The fraction of sp³-hybridized carbons (Fsp3) is 0.412. The minimum atomic E-state index is -0.407. The first-order valence-electron chi connectivity index (χ1n) is 7.67. The quantitative estimate of drug-likeness (QED) is 0.482. The molecule has 1 aliphatic heterocycles. The molecule has 0 spiro atoms. The number of benzene rings is 1. The van der Waals surface area contributed by atoms with E-state index in [1.807, 2.05) is 6.92 Å². The lowest BCUT2D eigenvalue weighted by Gasteiger charge is -2.31. The molecule has 1 aromatic heterocycles. The van der Waals surface area contributed by atoms with E-state index in [9.17, 15) is 9.59 Å². The van der Waals surface area contributed by atoms with Gasteiger partial charge in [0.25, 0.3) is 0 Å².